The number of imidazole rings is 1. The molecule has 0 aliphatic carbocycles. The molecule has 3 unspecified atom stereocenters. The molecule has 0 bridgehead atoms. The van der Waals surface area contributed by atoms with Crippen LogP contribution in [-0.4, -0.2) is 38.4 Å². The normalized spacial score (nSPS) is 34.0. The van der Waals surface area contributed by atoms with Gasteiger partial charge in [-0.25, -0.2) is 4.98 Å². The molecule has 1 aromatic heterocycles. The van der Waals surface area contributed by atoms with Crippen molar-refractivity contribution in [2.75, 3.05) is 18.1 Å². The van der Waals surface area contributed by atoms with Crippen molar-refractivity contribution in [1.29, 1.82) is 0 Å². The van der Waals surface area contributed by atoms with Gasteiger partial charge in [0, 0.05) is 25.6 Å². The molecular formula is C13H20N2O2S. The van der Waals surface area contributed by atoms with Gasteiger partial charge in [-0.3, -0.25) is 0 Å². The number of ether oxygens (including phenoxy) is 1. The van der Waals surface area contributed by atoms with Gasteiger partial charge in [-0.1, -0.05) is 0 Å². The minimum Gasteiger partial charge on any atom is -0.386 e. The second-order valence-corrected chi connectivity index (χ2v) is 6.60. The van der Waals surface area contributed by atoms with Crippen molar-refractivity contribution in [3.05, 3.63) is 18.2 Å². The van der Waals surface area contributed by atoms with Crippen molar-refractivity contribution in [2.45, 2.75) is 31.0 Å². The molecule has 18 heavy (non-hydrogen) atoms. The summed E-state index contributed by atoms with van der Waals surface area (Å²) in [6, 6.07) is 0. The largest absolute Gasteiger partial charge is 0.386 e. The van der Waals surface area contributed by atoms with Crippen molar-refractivity contribution in [2.24, 2.45) is 13.0 Å². The highest BCUT2D eigenvalue weighted by Gasteiger charge is 2.42. The standard InChI is InChI=1S/C13H20N2O2S/c1-15-7-11(14-9-15)12(16)10-2-4-17-13(6-10)3-5-18-8-13/h7,9-10,12,16H,2-6,8H2,1H3. The van der Waals surface area contributed by atoms with Crippen LogP contribution in [0.1, 0.15) is 31.1 Å². The number of rotatable bonds is 2. The van der Waals surface area contributed by atoms with E-state index in [-0.39, 0.29) is 11.5 Å². The number of aryl methyl sites for hydroxylation is 1. The highest BCUT2D eigenvalue weighted by molar-refractivity contribution is 7.99. The Bertz CT molecular complexity index is 415. The molecule has 0 aromatic carbocycles. The fourth-order valence-corrected chi connectivity index (χ4v) is 4.40. The first kappa shape index (κ1) is 12.5. The van der Waals surface area contributed by atoms with E-state index in [2.05, 4.69) is 4.98 Å². The summed E-state index contributed by atoms with van der Waals surface area (Å²) >= 11 is 1.97. The minimum absolute atomic E-state index is 0.0311. The zero-order valence-electron chi connectivity index (χ0n) is 10.7. The van der Waals surface area contributed by atoms with Crippen LogP contribution in [0.3, 0.4) is 0 Å². The molecule has 5 heteroatoms. The Morgan fingerprint density at radius 1 is 1.67 bits per heavy atom. The number of aliphatic hydroxyl groups excluding tert-OH is 1. The number of aliphatic hydroxyl groups is 1. The summed E-state index contributed by atoms with van der Waals surface area (Å²) in [5, 5.41) is 10.5. The molecule has 1 N–H and O–H groups in total. The van der Waals surface area contributed by atoms with Gasteiger partial charge >= 0.3 is 0 Å². The van der Waals surface area contributed by atoms with E-state index in [1.807, 2.05) is 29.6 Å². The molecule has 2 aliphatic rings. The van der Waals surface area contributed by atoms with E-state index in [0.29, 0.717) is 0 Å². The lowest BCUT2D eigenvalue weighted by Gasteiger charge is -2.39. The number of aromatic nitrogens is 2. The zero-order chi connectivity index (χ0) is 12.6. The summed E-state index contributed by atoms with van der Waals surface area (Å²) in [5.41, 5.74) is 0.828. The summed E-state index contributed by atoms with van der Waals surface area (Å²) in [5.74, 6) is 2.55. The maximum absolute atomic E-state index is 10.5. The minimum atomic E-state index is -0.447. The van der Waals surface area contributed by atoms with Gasteiger partial charge < -0.3 is 14.4 Å². The third-order valence-corrected chi connectivity index (χ3v) is 5.30. The van der Waals surface area contributed by atoms with Crippen LogP contribution in [0.15, 0.2) is 12.5 Å². The molecule has 0 amide bonds. The van der Waals surface area contributed by atoms with E-state index in [1.54, 1.807) is 6.33 Å². The molecule has 2 fully saturated rings. The van der Waals surface area contributed by atoms with E-state index in [4.69, 9.17) is 4.74 Å². The average molecular weight is 268 g/mol. The van der Waals surface area contributed by atoms with Crippen molar-refractivity contribution >= 4 is 11.8 Å². The van der Waals surface area contributed by atoms with Gasteiger partial charge in [0.05, 0.1) is 17.6 Å². The van der Waals surface area contributed by atoms with Gasteiger partial charge in [-0.15, -0.1) is 0 Å². The third kappa shape index (κ3) is 2.31. The third-order valence-electron chi connectivity index (χ3n) is 4.07. The maximum Gasteiger partial charge on any atom is 0.100 e. The van der Waals surface area contributed by atoms with Crippen molar-refractivity contribution in [3.8, 4) is 0 Å². The van der Waals surface area contributed by atoms with E-state index in [1.165, 1.54) is 5.75 Å². The lowest BCUT2D eigenvalue weighted by atomic mass is 9.81. The molecule has 4 nitrogen and oxygen atoms in total. The Morgan fingerprint density at radius 2 is 2.56 bits per heavy atom. The molecule has 0 radical (unpaired) electrons. The zero-order valence-corrected chi connectivity index (χ0v) is 11.5. The smallest absolute Gasteiger partial charge is 0.100 e. The van der Waals surface area contributed by atoms with Crippen LogP contribution in [0.2, 0.25) is 0 Å². The van der Waals surface area contributed by atoms with Crippen molar-refractivity contribution < 1.29 is 9.84 Å². The molecule has 2 aliphatic heterocycles. The average Bonchev–Trinajstić information content (AvgIpc) is 2.98. The van der Waals surface area contributed by atoms with Gasteiger partial charge in [-0.05, 0) is 30.9 Å². The van der Waals surface area contributed by atoms with Crippen LogP contribution in [0.5, 0.6) is 0 Å². The van der Waals surface area contributed by atoms with Crippen LogP contribution in [-0.2, 0) is 11.8 Å². The Labute approximate surface area is 112 Å². The van der Waals surface area contributed by atoms with Crippen LogP contribution < -0.4 is 0 Å². The summed E-state index contributed by atoms with van der Waals surface area (Å²) in [6.45, 7) is 0.773. The highest BCUT2D eigenvalue weighted by Crippen LogP contribution is 2.43. The molecule has 100 valence electrons. The van der Waals surface area contributed by atoms with E-state index in [0.717, 1.165) is 37.3 Å². The number of hydrogen-bond acceptors (Lipinski definition) is 4. The Kier molecular flexibility index (Phi) is 3.38. The molecule has 1 spiro atoms. The highest BCUT2D eigenvalue weighted by atomic mass is 32.2. The first-order valence-electron chi connectivity index (χ1n) is 6.56. The van der Waals surface area contributed by atoms with Crippen molar-refractivity contribution in [3.63, 3.8) is 0 Å². The number of hydrogen-bond donors (Lipinski definition) is 1. The second-order valence-electron chi connectivity index (χ2n) is 5.50. The molecule has 3 heterocycles. The Hall–Kier alpha value is -0.520. The molecular weight excluding hydrogens is 248 g/mol. The molecule has 3 atom stereocenters. The van der Waals surface area contributed by atoms with Gasteiger partial charge in [-0.2, -0.15) is 11.8 Å². The first-order chi connectivity index (χ1) is 8.69. The van der Waals surface area contributed by atoms with Gasteiger partial charge in [0.2, 0.25) is 0 Å². The Balaban J connectivity index is 1.72. The van der Waals surface area contributed by atoms with Crippen LogP contribution >= 0.6 is 11.8 Å². The Morgan fingerprint density at radius 3 is 3.22 bits per heavy atom. The van der Waals surface area contributed by atoms with Gasteiger partial charge in [0.1, 0.15) is 6.10 Å². The summed E-state index contributed by atoms with van der Waals surface area (Å²) in [6.07, 6.45) is 6.25. The SMILES string of the molecule is Cn1cnc(C(O)C2CCOC3(CCSC3)C2)c1. The first-order valence-corrected chi connectivity index (χ1v) is 7.72. The van der Waals surface area contributed by atoms with Crippen LogP contribution in [0.4, 0.5) is 0 Å². The molecule has 0 saturated carbocycles. The second kappa shape index (κ2) is 4.87. The predicted octanol–water partition coefficient (Wildman–Crippen LogP) is 1.76. The fraction of sp³-hybridized carbons (Fsp3) is 0.769. The quantitative estimate of drug-likeness (QED) is 0.888. The van der Waals surface area contributed by atoms with Crippen LogP contribution in [0, 0.1) is 5.92 Å². The van der Waals surface area contributed by atoms with Crippen LogP contribution in [0.25, 0.3) is 0 Å². The summed E-state index contributed by atoms with van der Waals surface area (Å²) < 4.78 is 7.88. The number of thioether (sulfide) groups is 1. The topological polar surface area (TPSA) is 47.3 Å². The lowest BCUT2D eigenvalue weighted by Crippen LogP contribution is -2.41. The summed E-state index contributed by atoms with van der Waals surface area (Å²) in [7, 11) is 1.93. The van der Waals surface area contributed by atoms with Crippen molar-refractivity contribution in [1.82, 2.24) is 9.55 Å². The lowest BCUT2D eigenvalue weighted by molar-refractivity contribution is -0.102. The monoisotopic (exact) mass is 268 g/mol. The predicted molar refractivity (Wildman–Crippen MR) is 71.5 cm³/mol. The van der Waals surface area contributed by atoms with E-state index in [9.17, 15) is 5.11 Å². The molecule has 2 saturated heterocycles. The van der Waals surface area contributed by atoms with E-state index >= 15 is 0 Å². The molecule has 1 aromatic rings. The van der Waals surface area contributed by atoms with Gasteiger partial charge in [0.25, 0.3) is 0 Å². The van der Waals surface area contributed by atoms with Gasteiger partial charge in [0.15, 0.2) is 0 Å². The van der Waals surface area contributed by atoms with E-state index < -0.39 is 6.10 Å². The summed E-state index contributed by atoms with van der Waals surface area (Å²) in [4.78, 5) is 4.27. The fourth-order valence-electron chi connectivity index (χ4n) is 3.03. The maximum atomic E-state index is 10.5. The molecule has 3 rings (SSSR count). The number of nitrogens with zero attached hydrogens (tertiary/aromatic N) is 2.